The van der Waals surface area contributed by atoms with E-state index in [9.17, 15) is 0 Å². The zero-order valence-corrected chi connectivity index (χ0v) is 29.3. The quantitative estimate of drug-likeness (QED) is 0.177. The van der Waals surface area contributed by atoms with E-state index in [1.54, 1.807) is 0 Å². The summed E-state index contributed by atoms with van der Waals surface area (Å²) >= 11 is 3.86. The van der Waals surface area contributed by atoms with Gasteiger partial charge in [-0.2, -0.15) is 0 Å². The molecule has 0 saturated carbocycles. The molecule has 1 heterocycles. The van der Waals surface area contributed by atoms with Crippen LogP contribution in [-0.4, -0.2) is 0 Å². The largest absolute Gasteiger partial charge is 0.336 e. The smallest absolute Gasteiger partial charge is 0.0748 e. The zero-order chi connectivity index (χ0) is 33.2. The van der Waals surface area contributed by atoms with E-state index in [1.165, 1.54) is 72.6 Å². The van der Waals surface area contributed by atoms with Gasteiger partial charge in [-0.15, -0.1) is 0 Å². The fraction of sp³-hybridized carbons (Fsp3) is 0.106. The van der Waals surface area contributed by atoms with Gasteiger partial charge in [0.1, 0.15) is 0 Å². The van der Waals surface area contributed by atoms with Gasteiger partial charge < -0.3 is 4.90 Å². The molecule has 1 nitrogen and oxygen atoms in total. The van der Waals surface area contributed by atoms with E-state index in [4.69, 9.17) is 0 Å². The Morgan fingerprint density at radius 1 is 0.429 bits per heavy atom. The molecular weight excluding hydrogens is 658 g/mol. The van der Waals surface area contributed by atoms with Crippen molar-refractivity contribution in [3.63, 3.8) is 0 Å². The van der Waals surface area contributed by atoms with Crippen LogP contribution in [-0.2, 0) is 17.4 Å². The molecule has 0 aromatic heterocycles. The van der Waals surface area contributed by atoms with Crippen molar-refractivity contribution >= 4 is 27.3 Å². The molecule has 0 unspecified atom stereocenters. The van der Waals surface area contributed by atoms with Gasteiger partial charge >= 0.3 is 0 Å². The van der Waals surface area contributed by atoms with Crippen molar-refractivity contribution in [2.45, 2.75) is 31.2 Å². The monoisotopic (exact) mass is 693 g/mol. The number of hydrogen-bond acceptors (Lipinski definition) is 1. The van der Waals surface area contributed by atoms with Crippen LogP contribution in [0.4, 0.5) is 11.4 Å². The highest BCUT2D eigenvalue weighted by atomic mass is 79.9. The molecule has 0 radical (unpaired) electrons. The Labute approximate surface area is 297 Å². The molecule has 2 heteroatoms. The average molecular weight is 695 g/mol. The van der Waals surface area contributed by atoms with Crippen molar-refractivity contribution in [1.82, 2.24) is 0 Å². The van der Waals surface area contributed by atoms with E-state index < -0.39 is 5.41 Å². The van der Waals surface area contributed by atoms with Crippen LogP contribution in [0.15, 0.2) is 174 Å². The molecule has 236 valence electrons. The van der Waals surface area contributed by atoms with E-state index in [1.807, 2.05) is 0 Å². The molecule has 0 N–H and O–H groups in total. The standard InChI is InChI=1S/C47H36BrN/c1-46(2)37-27-25-34(32-15-5-3-6-16-32)29-41(37)47(42-30-35(26-28-38(42)46)33-17-7-4-8-18-33)39-20-10-13-23-44(39)49(45-24-14-11-21-40(45)47)31-36-19-9-12-22-43(36)48/h3-30H,31H2,1-2H3. The molecule has 1 aliphatic carbocycles. The molecule has 0 saturated heterocycles. The summed E-state index contributed by atoms with van der Waals surface area (Å²) < 4.78 is 1.13. The summed E-state index contributed by atoms with van der Waals surface area (Å²) in [6.07, 6.45) is 0. The highest BCUT2D eigenvalue weighted by Gasteiger charge is 2.53. The lowest BCUT2D eigenvalue weighted by Crippen LogP contribution is -2.45. The molecule has 0 fully saturated rings. The van der Waals surface area contributed by atoms with Crippen LogP contribution >= 0.6 is 15.9 Å². The minimum absolute atomic E-state index is 0.212. The Kier molecular flexibility index (Phi) is 7.00. The van der Waals surface area contributed by atoms with Crippen molar-refractivity contribution in [2.24, 2.45) is 0 Å². The number of halogens is 1. The van der Waals surface area contributed by atoms with Crippen molar-refractivity contribution in [1.29, 1.82) is 0 Å². The molecule has 1 aliphatic heterocycles. The van der Waals surface area contributed by atoms with Crippen LogP contribution in [0.5, 0.6) is 0 Å². The molecule has 0 bridgehead atoms. The SMILES string of the molecule is CC1(C)c2ccc(-c3ccccc3)cc2C2(c3ccccc3N(Cc3ccccc3Br)c3ccccc32)c2cc(-c3ccccc3)ccc21. The molecule has 9 rings (SSSR count). The maximum absolute atomic E-state index is 3.86. The average Bonchev–Trinajstić information content (AvgIpc) is 3.16. The van der Waals surface area contributed by atoms with Gasteiger partial charge in [-0.05, 0) is 91.5 Å². The Hall–Kier alpha value is -5.18. The lowest BCUT2D eigenvalue weighted by molar-refractivity contribution is 0.555. The van der Waals surface area contributed by atoms with Crippen molar-refractivity contribution < 1.29 is 0 Å². The third-order valence-electron chi connectivity index (χ3n) is 10.9. The van der Waals surface area contributed by atoms with Crippen molar-refractivity contribution in [3.8, 4) is 22.3 Å². The maximum Gasteiger partial charge on any atom is 0.0748 e. The number of fused-ring (bicyclic) bond motifs is 8. The van der Waals surface area contributed by atoms with Crippen LogP contribution in [0.2, 0.25) is 0 Å². The highest BCUT2D eigenvalue weighted by Crippen LogP contribution is 2.62. The zero-order valence-electron chi connectivity index (χ0n) is 27.7. The predicted octanol–water partition coefficient (Wildman–Crippen LogP) is 12.5. The second kappa shape index (κ2) is 11.5. The van der Waals surface area contributed by atoms with Gasteiger partial charge in [0.15, 0.2) is 0 Å². The topological polar surface area (TPSA) is 3.24 Å². The Bertz CT molecular complexity index is 2210. The maximum atomic E-state index is 3.86. The molecule has 49 heavy (non-hydrogen) atoms. The first-order valence-corrected chi connectivity index (χ1v) is 17.9. The molecule has 0 amide bonds. The van der Waals surface area contributed by atoms with Crippen molar-refractivity contribution in [2.75, 3.05) is 4.90 Å². The van der Waals surface area contributed by atoms with E-state index in [0.717, 1.165) is 11.0 Å². The summed E-state index contributed by atoms with van der Waals surface area (Å²) in [4.78, 5) is 2.52. The molecular formula is C47H36BrN. The van der Waals surface area contributed by atoms with Crippen LogP contribution in [0, 0.1) is 0 Å². The first-order chi connectivity index (χ1) is 24.0. The minimum Gasteiger partial charge on any atom is -0.336 e. The second-order valence-corrected chi connectivity index (χ2v) is 14.7. The molecule has 1 spiro atoms. The van der Waals surface area contributed by atoms with Gasteiger partial charge in [0, 0.05) is 27.8 Å². The van der Waals surface area contributed by atoms with E-state index in [0.29, 0.717) is 0 Å². The van der Waals surface area contributed by atoms with Gasteiger partial charge in [-0.1, -0.05) is 169 Å². The van der Waals surface area contributed by atoms with Crippen LogP contribution in [0.1, 0.15) is 52.8 Å². The number of para-hydroxylation sites is 2. The normalized spacial score (nSPS) is 14.8. The lowest BCUT2D eigenvalue weighted by atomic mass is 9.52. The fourth-order valence-electron chi connectivity index (χ4n) is 8.58. The summed E-state index contributed by atoms with van der Waals surface area (Å²) in [7, 11) is 0. The highest BCUT2D eigenvalue weighted by molar-refractivity contribution is 9.10. The Morgan fingerprint density at radius 2 is 0.878 bits per heavy atom. The van der Waals surface area contributed by atoms with Crippen LogP contribution in [0.25, 0.3) is 22.3 Å². The molecule has 0 atom stereocenters. The van der Waals surface area contributed by atoms with Gasteiger partial charge in [0.05, 0.1) is 5.41 Å². The van der Waals surface area contributed by atoms with Gasteiger partial charge in [0.2, 0.25) is 0 Å². The molecule has 2 aliphatic rings. The predicted molar refractivity (Wildman–Crippen MR) is 208 cm³/mol. The van der Waals surface area contributed by atoms with Gasteiger partial charge in [-0.25, -0.2) is 0 Å². The molecule has 7 aromatic rings. The van der Waals surface area contributed by atoms with Crippen LogP contribution < -0.4 is 4.90 Å². The second-order valence-electron chi connectivity index (χ2n) is 13.8. The van der Waals surface area contributed by atoms with E-state index >= 15 is 0 Å². The number of anilines is 2. The number of rotatable bonds is 4. The summed E-state index contributed by atoms with van der Waals surface area (Å²) in [5, 5.41) is 0. The van der Waals surface area contributed by atoms with Crippen molar-refractivity contribution in [3.05, 3.63) is 213 Å². The molecule has 7 aromatic carbocycles. The van der Waals surface area contributed by atoms with E-state index in [2.05, 4.69) is 205 Å². The third-order valence-corrected chi connectivity index (χ3v) is 11.7. The number of benzene rings is 7. The summed E-state index contributed by atoms with van der Waals surface area (Å²) in [5.74, 6) is 0. The summed E-state index contributed by atoms with van der Waals surface area (Å²) in [6.45, 7) is 5.56. The minimum atomic E-state index is -0.548. The first kappa shape index (κ1) is 29.9. The van der Waals surface area contributed by atoms with Gasteiger partial charge in [-0.3, -0.25) is 0 Å². The van der Waals surface area contributed by atoms with E-state index in [-0.39, 0.29) is 5.41 Å². The summed E-state index contributed by atoms with van der Waals surface area (Å²) in [6, 6.07) is 63.0. The fourth-order valence-corrected chi connectivity index (χ4v) is 8.99. The van der Waals surface area contributed by atoms with Gasteiger partial charge in [0.25, 0.3) is 0 Å². The lowest BCUT2D eigenvalue weighted by Gasteiger charge is -2.52. The Morgan fingerprint density at radius 3 is 1.39 bits per heavy atom. The Balaban J connectivity index is 1.41. The number of hydrogen-bond donors (Lipinski definition) is 0. The third kappa shape index (κ3) is 4.51. The summed E-state index contributed by atoms with van der Waals surface area (Å²) in [5.41, 5.74) is 16.0. The number of nitrogens with zero attached hydrogens (tertiary/aromatic N) is 1. The first-order valence-electron chi connectivity index (χ1n) is 17.1. The van der Waals surface area contributed by atoms with Crippen LogP contribution in [0.3, 0.4) is 0 Å².